The molecule has 0 bridgehead atoms. The third-order valence-electron chi connectivity index (χ3n) is 4.36. The molecule has 0 aromatic carbocycles. The van der Waals surface area contributed by atoms with Crippen molar-refractivity contribution >= 4 is 0 Å². The Kier molecular flexibility index (Phi) is 4.68. The maximum absolute atomic E-state index is 5.83. The van der Waals surface area contributed by atoms with Gasteiger partial charge in [0.2, 0.25) is 0 Å². The largest absolute Gasteiger partial charge is 0.348 e. The van der Waals surface area contributed by atoms with Crippen LogP contribution in [0, 0.1) is 11.8 Å². The van der Waals surface area contributed by atoms with Gasteiger partial charge in [0.15, 0.2) is 5.79 Å². The summed E-state index contributed by atoms with van der Waals surface area (Å²) in [4.78, 5) is 0. The Bertz CT molecular complexity index is 265. The summed E-state index contributed by atoms with van der Waals surface area (Å²) < 4.78 is 11.4. The van der Waals surface area contributed by atoms with Gasteiger partial charge >= 0.3 is 0 Å². The van der Waals surface area contributed by atoms with Crippen LogP contribution in [0.2, 0.25) is 0 Å². The molecular formula is C15H29NO2. The lowest BCUT2D eigenvalue weighted by Gasteiger charge is -2.32. The van der Waals surface area contributed by atoms with Crippen molar-refractivity contribution in [3.8, 4) is 0 Å². The van der Waals surface area contributed by atoms with Gasteiger partial charge in [0, 0.05) is 12.6 Å². The molecule has 1 aliphatic carbocycles. The first-order chi connectivity index (χ1) is 8.46. The van der Waals surface area contributed by atoms with Gasteiger partial charge in [0.1, 0.15) is 0 Å². The molecular weight excluding hydrogens is 226 g/mol. The molecule has 3 atom stereocenters. The van der Waals surface area contributed by atoms with Crippen molar-refractivity contribution in [2.75, 3.05) is 13.2 Å². The first-order valence-corrected chi connectivity index (χ1v) is 7.51. The molecule has 2 rings (SSSR count). The maximum atomic E-state index is 5.83. The molecule has 2 aliphatic rings. The van der Waals surface area contributed by atoms with Crippen molar-refractivity contribution in [1.82, 2.24) is 5.32 Å². The van der Waals surface area contributed by atoms with Crippen LogP contribution in [0.15, 0.2) is 0 Å². The molecule has 2 fully saturated rings. The highest BCUT2D eigenvalue weighted by atomic mass is 16.7. The van der Waals surface area contributed by atoms with Crippen LogP contribution in [0.1, 0.15) is 53.4 Å². The minimum Gasteiger partial charge on any atom is -0.348 e. The molecule has 1 heterocycles. The van der Waals surface area contributed by atoms with Gasteiger partial charge < -0.3 is 14.8 Å². The Morgan fingerprint density at radius 2 is 2.06 bits per heavy atom. The second-order valence-electron chi connectivity index (χ2n) is 6.73. The molecule has 1 aliphatic heterocycles. The number of ether oxygens (including phenoxy) is 2. The number of nitrogens with one attached hydrogen (secondary N) is 1. The zero-order chi connectivity index (χ0) is 13.2. The first kappa shape index (κ1) is 14.3. The maximum Gasteiger partial charge on any atom is 0.163 e. The standard InChI is InChI=1S/C15H29NO2/c1-11(2)12-6-5-7-13(8-12)16-9-14-10-17-15(3,4)18-14/h11-14,16H,5-10H2,1-4H3. The van der Waals surface area contributed by atoms with Crippen LogP contribution in [0.25, 0.3) is 0 Å². The van der Waals surface area contributed by atoms with E-state index in [2.05, 4.69) is 19.2 Å². The number of hydrogen-bond acceptors (Lipinski definition) is 3. The van der Waals surface area contributed by atoms with E-state index in [9.17, 15) is 0 Å². The monoisotopic (exact) mass is 255 g/mol. The molecule has 0 aromatic rings. The molecule has 1 N–H and O–H groups in total. The average Bonchev–Trinajstić information content (AvgIpc) is 2.67. The van der Waals surface area contributed by atoms with Crippen LogP contribution in [-0.4, -0.2) is 31.1 Å². The molecule has 1 saturated heterocycles. The van der Waals surface area contributed by atoms with E-state index in [4.69, 9.17) is 9.47 Å². The molecule has 0 amide bonds. The third kappa shape index (κ3) is 3.94. The lowest BCUT2D eigenvalue weighted by atomic mass is 9.79. The normalized spacial score (nSPS) is 36.2. The van der Waals surface area contributed by atoms with E-state index in [1.807, 2.05) is 13.8 Å². The van der Waals surface area contributed by atoms with Crippen molar-refractivity contribution in [3.05, 3.63) is 0 Å². The van der Waals surface area contributed by atoms with Gasteiger partial charge in [-0.05, 0) is 38.5 Å². The summed E-state index contributed by atoms with van der Waals surface area (Å²) in [6.45, 7) is 10.3. The van der Waals surface area contributed by atoms with E-state index in [0.717, 1.165) is 25.0 Å². The minimum absolute atomic E-state index is 0.222. The molecule has 0 radical (unpaired) electrons. The van der Waals surface area contributed by atoms with Crippen LogP contribution in [0.5, 0.6) is 0 Å². The summed E-state index contributed by atoms with van der Waals surface area (Å²) in [7, 11) is 0. The average molecular weight is 255 g/mol. The van der Waals surface area contributed by atoms with Gasteiger partial charge in [-0.25, -0.2) is 0 Å². The Hall–Kier alpha value is -0.120. The first-order valence-electron chi connectivity index (χ1n) is 7.51. The van der Waals surface area contributed by atoms with E-state index >= 15 is 0 Å². The molecule has 3 unspecified atom stereocenters. The predicted molar refractivity (Wildman–Crippen MR) is 73.5 cm³/mol. The summed E-state index contributed by atoms with van der Waals surface area (Å²) in [5.41, 5.74) is 0. The van der Waals surface area contributed by atoms with E-state index in [0.29, 0.717) is 6.04 Å². The summed E-state index contributed by atoms with van der Waals surface area (Å²) >= 11 is 0. The minimum atomic E-state index is -0.390. The second-order valence-corrected chi connectivity index (χ2v) is 6.73. The third-order valence-corrected chi connectivity index (χ3v) is 4.36. The van der Waals surface area contributed by atoms with Gasteiger partial charge in [-0.2, -0.15) is 0 Å². The highest BCUT2D eigenvalue weighted by Gasteiger charge is 2.33. The van der Waals surface area contributed by atoms with Crippen LogP contribution < -0.4 is 5.32 Å². The smallest absolute Gasteiger partial charge is 0.163 e. The van der Waals surface area contributed by atoms with Gasteiger partial charge in [-0.1, -0.05) is 26.7 Å². The Morgan fingerprint density at radius 1 is 1.28 bits per heavy atom. The Labute approximate surface area is 112 Å². The second kappa shape index (κ2) is 5.89. The highest BCUT2D eigenvalue weighted by Crippen LogP contribution is 2.30. The zero-order valence-corrected chi connectivity index (χ0v) is 12.4. The molecule has 0 spiro atoms. The van der Waals surface area contributed by atoms with Crippen LogP contribution in [0.3, 0.4) is 0 Å². The highest BCUT2D eigenvalue weighted by molar-refractivity contribution is 4.81. The van der Waals surface area contributed by atoms with Crippen LogP contribution >= 0.6 is 0 Å². The summed E-state index contributed by atoms with van der Waals surface area (Å²) in [6, 6.07) is 0.679. The number of rotatable bonds is 4. The topological polar surface area (TPSA) is 30.5 Å². The molecule has 3 heteroatoms. The quantitative estimate of drug-likeness (QED) is 0.838. The van der Waals surface area contributed by atoms with Crippen molar-refractivity contribution < 1.29 is 9.47 Å². The fourth-order valence-corrected chi connectivity index (χ4v) is 3.18. The molecule has 106 valence electrons. The molecule has 0 aromatic heterocycles. The van der Waals surface area contributed by atoms with Gasteiger partial charge in [-0.3, -0.25) is 0 Å². The fraction of sp³-hybridized carbons (Fsp3) is 1.00. The van der Waals surface area contributed by atoms with Crippen molar-refractivity contribution in [2.24, 2.45) is 11.8 Å². The van der Waals surface area contributed by atoms with E-state index in [1.54, 1.807) is 0 Å². The Morgan fingerprint density at radius 3 is 2.67 bits per heavy atom. The summed E-state index contributed by atoms with van der Waals surface area (Å²) in [5, 5.41) is 3.68. The van der Waals surface area contributed by atoms with E-state index in [1.165, 1.54) is 25.7 Å². The molecule has 1 saturated carbocycles. The molecule has 3 nitrogen and oxygen atoms in total. The van der Waals surface area contributed by atoms with E-state index < -0.39 is 0 Å². The van der Waals surface area contributed by atoms with Gasteiger partial charge in [-0.15, -0.1) is 0 Å². The zero-order valence-electron chi connectivity index (χ0n) is 12.4. The van der Waals surface area contributed by atoms with Crippen molar-refractivity contribution in [1.29, 1.82) is 0 Å². The lowest BCUT2D eigenvalue weighted by molar-refractivity contribution is -0.138. The summed E-state index contributed by atoms with van der Waals surface area (Å²) in [6.07, 6.45) is 5.65. The van der Waals surface area contributed by atoms with Crippen molar-refractivity contribution in [3.63, 3.8) is 0 Å². The SMILES string of the molecule is CC(C)C1CCCC(NCC2COC(C)(C)O2)C1. The fourth-order valence-electron chi connectivity index (χ4n) is 3.18. The molecule has 18 heavy (non-hydrogen) atoms. The summed E-state index contributed by atoms with van der Waals surface area (Å²) in [5.74, 6) is 1.33. The van der Waals surface area contributed by atoms with Crippen molar-refractivity contribution in [2.45, 2.75) is 71.3 Å². The van der Waals surface area contributed by atoms with Gasteiger partial charge in [0.25, 0.3) is 0 Å². The van der Waals surface area contributed by atoms with Gasteiger partial charge in [0.05, 0.1) is 12.7 Å². The predicted octanol–water partition coefficient (Wildman–Crippen LogP) is 2.94. The van der Waals surface area contributed by atoms with Crippen LogP contribution in [-0.2, 0) is 9.47 Å². The number of hydrogen-bond donors (Lipinski definition) is 1. The van der Waals surface area contributed by atoms with E-state index in [-0.39, 0.29) is 11.9 Å². The Balaban J connectivity index is 1.70. The lowest BCUT2D eigenvalue weighted by Crippen LogP contribution is -2.40. The van der Waals surface area contributed by atoms with Crippen LogP contribution in [0.4, 0.5) is 0 Å².